The number of hydrogen-bond donors (Lipinski definition) is 1. The van der Waals surface area contributed by atoms with Crippen LogP contribution in [0.1, 0.15) is 11.1 Å². The molecular formula is C14H10Cl2F2N2O2S. The van der Waals surface area contributed by atoms with Crippen LogP contribution in [0.2, 0.25) is 5.02 Å². The summed E-state index contributed by atoms with van der Waals surface area (Å²) in [6.45, 7) is 1.80. The van der Waals surface area contributed by atoms with E-state index in [1.165, 1.54) is 12.1 Å². The van der Waals surface area contributed by atoms with E-state index in [1.807, 2.05) is 4.83 Å². The molecule has 9 heteroatoms. The highest BCUT2D eigenvalue weighted by Crippen LogP contribution is 2.21. The third-order valence-electron chi connectivity index (χ3n) is 2.81. The molecule has 0 heterocycles. The van der Waals surface area contributed by atoms with Gasteiger partial charge in [-0.05, 0) is 31.2 Å². The number of nitrogens with zero attached hydrogens (tertiary/aromatic N) is 1. The molecule has 0 bridgehead atoms. The maximum absolute atomic E-state index is 13.7. The first-order chi connectivity index (χ1) is 10.7. The molecule has 4 nitrogen and oxygen atoms in total. The van der Waals surface area contributed by atoms with Crippen molar-refractivity contribution in [3.8, 4) is 0 Å². The van der Waals surface area contributed by atoms with Crippen LogP contribution < -0.4 is 4.83 Å². The van der Waals surface area contributed by atoms with Crippen molar-refractivity contribution in [3.63, 3.8) is 0 Å². The monoisotopic (exact) mass is 378 g/mol. The number of hydrogen-bond acceptors (Lipinski definition) is 3. The molecule has 0 saturated carbocycles. The second kappa shape index (κ2) is 6.82. The number of benzene rings is 2. The summed E-state index contributed by atoms with van der Waals surface area (Å²) < 4.78 is 51.4. The molecule has 0 aliphatic heterocycles. The van der Waals surface area contributed by atoms with Crippen molar-refractivity contribution in [2.24, 2.45) is 5.10 Å². The van der Waals surface area contributed by atoms with Crippen LogP contribution >= 0.6 is 23.2 Å². The largest absolute Gasteiger partial charge is 0.276 e. The molecule has 23 heavy (non-hydrogen) atoms. The third-order valence-corrected chi connectivity index (χ3v) is 4.52. The Bertz CT molecular complexity index is 846. The van der Waals surface area contributed by atoms with Crippen molar-refractivity contribution < 1.29 is 17.2 Å². The summed E-state index contributed by atoms with van der Waals surface area (Å²) in [6, 6.07) is 7.60. The van der Waals surface area contributed by atoms with Gasteiger partial charge in [0.25, 0.3) is 10.0 Å². The molecule has 2 aromatic carbocycles. The molecule has 122 valence electrons. The molecule has 0 aromatic heterocycles. The van der Waals surface area contributed by atoms with Gasteiger partial charge < -0.3 is 0 Å². The van der Waals surface area contributed by atoms with Gasteiger partial charge in [0.05, 0.1) is 10.5 Å². The molecule has 2 rings (SSSR count). The van der Waals surface area contributed by atoms with Crippen molar-refractivity contribution in [2.75, 3.05) is 0 Å². The fraction of sp³-hybridized carbons (Fsp3) is 0.0714. The topological polar surface area (TPSA) is 58.5 Å². The van der Waals surface area contributed by atoms with E-state index in [9.17, 15) is 17.2 Å². The van der Waals surface area contributed by atoms with Gasteiger partial charge in [-0.3, -0.25) is 0 Å². The molecule has 0 atom stereocenters. The minimum Gasteiger partial charge on any atom is -0.206 e. The summed E-state index contributed by atoms with van der Waals surface area (Å²) in [6.07, 6.45) is 0. The van der Waals surface area contributed by atoms with Gasteiger partial charge in [0.2, 0.25) is 0 Å². The van der Waals surface area contributed by atoms with Crippen LogP contribution in [-0.4, -0.2) is 13.6 Å². The van der Waals surface area contributed by atoms with Crippen LogP contribution in [0.3, 0.4) is 0 Å². The maximum atomic E-state index is 13.7. The SMILES string of the molecule is Cc1ccc(S(=O)(=O)NN=C(Cl)c2c(F)cc(Cl)cc2F)cc1. The van der Waals surface area contributed by atoms with Gasteiger partial charge >= 0.3 is 0 Å². The predicted molar refractivity (Wildman–Crippen MR) is 85.3 cm³/mol. The number of nitrogens with one attached hydrogen (secondary N) is 1. The van der Waals surface area contributed by atoms with Gasteiger partial charge in [0.15, 0.2) is 5.17 Å². The minimum absolute atomic E-state index is 0.0617. The second-order valence-electron chi connectivity index (χ2n) is 4.55. The number of hydrazone groups is 1. The quantitative estimate of drug-likeness (QED) is 0.649. The Morgan fingerprint density at radius 1 is 1.13 bits per heavy atom. The van der Waals surface area contributed by atoms with Crippen molar-refractivity contribution >= 4 is 38.4 Å². The fourth-order valence-corrected chi connectivity index (χ4v) is 2.94. The standard InChI is InChI=1S/C14H10Cl2F2N2O2S/c1-8-2-4-10(5-3-8)23(21,22)20-19-14(16)13-11(17)6-9(15)7-12(13)18/h2-7,20H,1H3. The number of aryl methyl sites for hydroxylation is 1. The Morgan fingerprint density at radius 3 is 2.17 bits per heavy atom. The van der Waals surface area contributed by atoms with E-state index >= 15 is 0 Å². The van der Waals surface area contributed by atoms with Crippen LogP contribution in [0.5, 0.6) is 0 Å². The molecule has 0 saturated heterocycles. The van der Waals surface area contributed by atoms with Crippen LogP contribution in [0.15, 0.2) is 46.4 Å². The van der Waals surface area contributed by atoms with Gasteiger partial charge in [-0.25, -0.2) is 8.78 Å². The first-order valence-corrected chi connectivity index (χ1v) is 8.41. The Hall–Kier alpha value is -1.70. The van der Waals surface area contributed by atoms with E-state index in [-0.39, 0.29) is 9.92 Å². The molecule has 0 radical (unpaired) electrons. The minimum atomic E-state index is -4.01. The van der Waals surface area contributed by atoms with Crippen LogP contribution in [-0.2, 0) is 10.0 Å². The molecule has 0 aliphatic rings. The fourth-order valence-electron chi connectivity index (χ4n) is 1.67. The molecule has 0 amide bonds. The summed E-state index contributed by atoms with van der Waals surface area (Å²) in [5.41, 5.74) is 0.193. The lowest BCUT2D eigenvalue weighted by Crippen LogP contribution is -2.20. The average molecular weight is 379 g/mol. The van der Waals surface area contributed by atoms with E-state index in [4.69, 9.17) is 23.2 Å². The third kappa shape index (κ3) is 4.19. The van der Waals surface area contributed by atoms with Crippen LogP contribution in [0.25, 0.3) is 0 Å². The Balaban J connectivity index is 2.31. The molecule has 0 aliphatic carbocycles. The van der Waals surface area contributed by atoms with Gasteiger partial charge in [-0.15, -0.1) is 0 Å². The molecule has 1 N–H and O–H groups in total. The smallest absolute Gasteiger partial charge is 0.206 e. The maximum Gasteiger partial charge on any atom is 0.276 e. The molecule has 0 spiro atoms. The van der Waals surface area contributed by atoms with Crippen LogP contribution in [0.4, 0.5) is 8.78 Å². The molecular weight excluding hydrogens is 369 g/mol. The van der Waals surface area contributed by atoms with Crippen molar-refractivity contribution in [2.45, 2.75) is 11.8 Å². The Kier molecular flexibility index (Phi) is 5.23. The van der Waals surface area contributed by atoms with Crippen molar-refractivity contribution in [1.29, 1.82) is 0 Å². The summed E-state index contributed by atoms with van der Waals surface area (Å²) in [7, 11) is -4.01. The zero-order valence-corrected chi connectivity index (χ0v) is 14.0. The van der Waals surface area contributed by atoms with Gasteiger partial charge in [-0.1, -0.05) is 40.9 Å². The number of halogens is 4. The Morgan fingerprint density at radius 2 is 1.65 bits per heavy atom. The van der Waals surface area contributed by atoms with Gasteiger partial charge in [0.1, 0.15) is 11.6 Å². The molecule has 0 unspecified atom stereocenters. The summed E-state index contributed by atoms with van der Waals surface area (Å²) in [5, 5.41) is 2.49. The highest BCUT2D eigenvalue weighted by molar-refractivity contribution is 7.89. The van der Waals surface area contributed by atoms with Crippen molar-refractivity contribution in [1.82, 2.24) is 4.83 Å². The van der Waals surface area contributed by atoms with E-state index in [0.717, 1.165) is 17.7 Å². The first kappa shape index (κ1) is 17.7. The lowest BCUT2D eigenvalue weighted by molar-refractivity contribution is 0.577. The highest BCUT2D eigenvalue weighted by atomic mass is 35.5. The lowest BCUT2D eigenvalue weighted by atomic mass is 10.2. The zero-order valence-electron chi connectivity index (χ0n) is 11.6. The average Bonchev–Trinajstić information content (AvgIpc) is 2.44. The van der Waals surface area contributed by atoms with Gasteiger partial charge in [-0.2, -0.15) is 18.4 Å². The summed E-state index contributed by atoms with van der Waals surface area (Å²) in [4.78, 5) is 1.76. The predicted octanol–water partition coefficient (Wildman–Crippen LogP) is 3.81. The first-order valence-electron chi connectivity index (χ1n) is 6.17. The lowest BCUT2D eigenvalue weighted by Gasteiger charge is -2.06. The number of rotatable bonds is 4. The molecule has 0 fully saturated rings. The van der Waals surface area contributed by atoms with Gasteiger partial charge in [0, 0.05) is 5.02 Å². The van der Waals surface area contributed by atoms with E-state index < -0.39 is 32.4 Å². The normalized spacial score (nSPS) is 12.3. The highest BCUT2D eigenvalue weighted by Gasteiger charge is 2.17. The Labute approximate surface area is 141 Å². The van der Waals surface area contributed by atoms with Crippen molar-refractivity contribution in [3.05, 3.63) is 64.2 Å². The second-order valence-corrected chi connectivity index (χ2v) is 7.01. The van der Waals surface area contributed by atoms with E-state index in [0.29, 0.717) is 0 Å². The zero-order chi connectivity index (χ0) is 17.2. The summed E-state index contributed by atoms with van der Waals surface area (Å²) in [5.74, 6) is -2.11. The van der Waals surface area contributed by atoms with E-state index in [1.54, 1.807) is 19.1 Å². The van der Waals surface area contributed by atoms with Crippen LogP contribution in [0, 0.1) is 18.6 Å². The van der Waals surface area contributed by atoms with E-state index in [2.05, 4.69) is 5.10 Å². The summed E-state index contributed by atoms with van der Waals surface area (Å²) >= 11 is 11.2. The number of sulfonamides is 1. The molecule has 2 aromatic rings.